The third-order valence-electron chi connectivity index (χ3n) is 3.48. The molecular formula is C15H14BrNO. The van der Waals surface area contributed by atoms with Gasteiger partial charge in [-0.3, -0.25) is 4.79 Å². The lowest BCUT2D eigenvalue weighted by Crippen LogP contribution is -2.27. The van der Waals surface area contributed by atoms with Gasteiger partial charge in [0.25, 0.3) is 5.91 Å². The molecule has 18 heavy (non-hydrogen) atoms. The molecule has 2 aromatic rings. The summed E-state index contributed by atoms with van der Waals surface area (Å²) in [4.78, 5) is 14.5. The summed E-state index contributed by atoms with van der Waals surface area (Å²) in [7, 11) is 0. The van der Waals surface area contributed by atoms with Gasteiger partial charge in [-0.1, -0.05) is 40.2 Å². The maximum atomic E-state index is 12.5. The van der Waals surface area contributed by atoms with Gasteiger partial charge in [0.1, 0.15) is 0 Å². The minimum absolute atomic E-state index is 0.157. The summed E-state index contributed by atoms with van der Waals surface area (Å²) in [5.74, 6) is 0.157. The van der Waals surface area contributed by atoms with Gasteiger partial charge < -0.3 is 4.90 Å². The van der Waals surface area contributed by atoms with Crippen LogP contribution in [-0.4, -0.2) is 23.9 Å². The van der Waals surface area contributed by atoms with Crippen molar-refractivity contribution in [3.8, 4) is 0 Å². The Bertz CT molecular complexity index is 597. The monoisotopic (exact) mass is 303 g/mol. The number of likely N-dealkylation sites (tertiary alicyclic amines) is 1. The largest absolute Gasteiger partial charge is 0.339 e. The van der Waals surface area contributed by atoms with Crippen LogP contribution >= 0.6 is 15.9 Å². The lowest BCUT2D eigenvalue weighted by Gasteiger charge is -2.17. The second-order valence-electron chi connectivity index (χ2n) is 4.64. The highest BCUT2D eigenvalue weighted by molar-refractivity contribution is 9.10. The molecule has 1 heterocycles. The van der Waals surface area contributed by atoms with Crippen LogP contribution in [0.25, 0.3) is 10.8 Å². The Morgan fingerprint density at radius 1 is 1.06 bits per heavy atom. The number of nitrogens with zero attached hydrogens (tertiary/aromatic N) is 1. The van der Waals surface area contributed by atoms with Crippen molar-refractivity contribution in [3.63, 3.8) is 0 Å². The smallest absolute Gasteiger partial charge is 0.254 e. The maximum absolute atomic E-state index is 12.5. The Labute approximate surface area is 115 Å². The fourth-order valence-electron chi connectivity index (χ4n) is 2.56. The summed E-state index contributed by atoms with van der Waals surface area (Å²) in [6.07, 6.45) is 2.25. The second-order valence-corrected chi connectivity index (χ2v) is 5.50. The van der Waals surface area contributed by atoms with Crippen molar-refractivity contribution in [1.82, 2.24) is 4.90 Å². The molecule has 3 heteroatoms. The Balaban J connectivity index is 2.13. The highest BCUT2D eigenvalue weighted by Crippen LogP contribution is 2.28. The Hall–Kier alpha value is -1.35. The van der Waals surface area contributed by atoms with Crippen LogP contribution in [0.2, 0.25) is 0 Å². The van der Waals surface area contributed by atoms with Crippen LogP contribution in [0.15, 0.2) is 40.9 Å². The highest BCUT2D eigenvalue weighted by atomic mass is 79.9. The Morgan fingerprint density at radius 3 is 2.44 bits per heavy atom. The van der Waals surface area contributed by atoms with Crippen molar-refractivity contribution in [2.45, 2.75) is 12.8 Å². The van der Waals surface area contributed by atoms with Gasteiger partial charge in [0, 0.05) is 28.5 Å². The van der Waals surface area contributed by atoms with Crippen molar-refractivity contribution in [2.24, 2.45) is 0 Å². The number of carbonyl (C=O) groups is 1. The van der Waals surface area contributed by atoms with E-state index >= 15 is 0 Å². The Morgan fingerprint density at radius 2 is 1.72 bits per heavy atom. The van der Waals surface area contributed by atoms with E-state index in [2.05, 4.69) is 15.9 Å². The van der Waals surface area contributed by atoms with E-state index in [1.54, 1.807) is 0 Å². The van der Waals surface area contributed by atoms with E-state index in [0.717, 1.165) is 46.7 Å². The zero-order valence-corrected chi connectivity index (χ0v) is 11.6. The zero-order chi connectivity index (χ0) is 12.5. The van der Waals surface area contributed by atoms with Gasteiger partial charge in [-0.25, -0.2) is 0 Å². The molecule has 1 aliphatic rings. The molecule has 0 radical (unpaired) electrons. The van der Waals surface area contributed by atoms with Gasteiger partial charge >= 0.3 is 0 Å². The molecule has 0 aliphatic carbocycles. The first-order valence-electron chi connectivity index (χ1n) is 6.24. The Kier molecular flexibility index (Phi) is 3.08. The molecule has 1 saturated heterocycles. The van der Waals surface area contributed by atoms with Crippen LogP contribution in [-0.2, 0) is 0 Å². The molecule has 1 amide bonds. The normalized spacial score (nSPS) is 15.3. The average molecular weight is 304 g/mol. The molecule has 0 atom stereocenters. The minimum atomic E-state index is 0.157. The van der Waals surface area contributed by atoms with Crippen LogP contribution in [0.1, 0.15) is 23.2 Å². The summed E-state index contributed by atoms with van der Waals surface area (Å²) >= 11 is 3.55. The van der Waals surface area contributed by atoms with Crippen LogP contribution in [0, 0.1) is 0 Å². The zero-order valence-electron chi connectivity index (χ0n) is 10.0. The van der Waals surface area contributed by atoms with Crippen molar-refractivity contribution in [2.75, 3.05) is 13.1 Å². The van der Waals surface area contributed by atoms with Crippen molar-refractivity contribution in [3.05, 3.63) is 46.4 Å². The number of hydrogen-bond acceptors (Lipinski definition) is 1. The van der Waals surface area contributed by atoms with Gasteiger partial charge in [0.15, 0.2) is 0 Å². The van der Waals surface area contributed by atoms with Gasteiger partial charge in [0.05, 0.1) is 0 Å². The number of benzene rings is 2. The third kappa shape index (κ3) is 1.93. The van der Waals surface area contributed by atoms with Crippen LogP contribution in [0.4, 0.5) is 0 Å². The summed E-state index contributed by atoms with van der Waals surface area (Å²) in [6.45, 7) is 1.78. The SMILES string of the molecule is O=C(c1cccc2cccc(Br)c12)N1CCCC1. The van der Waals surface area contributed by atoms with Crippen molar-refractivity contribution >= 4 is 32.6 Å². The predicted octanol–water partition coefficient (Wildman–Crippen LogP) is 3.84. The van der Waals surface area contributed by atoms with Crippen molar-refractivity contribution in [1.29, 1.82) is 0 Å². The van der Waals surface area contributed by atoms with E-state index in [9.17, 15) is 4.79 Å². The van der Waals surface area contributed by atoms with E-state index in [4.69, 9.17) is 0 Å². The molecule has 92 valence electrons. The molecular weight excluding hydrogens is 290 g/mol. The summed E-state index contributed by atoms with van der Waals surface area (Å²) in [5, 5.41) is 2.13. The summed E-state index contributed by atoms with van der Waals surface area (Å²) in [6, 6.07) is 12.0. The molecule has 0 saturated carbocycles. The first-order chi connectivity index (χ1) is 8.77. The standard InChI is InChI=1S/C15H14BrNO/c16-13-8-4-6-11-5-3-7-12(14(11)13)15(18)17-9-1-2-10-17/h3-8H,1-2,9-10H2. The summed E-state index contributed by atoms with van der Waals surface area (Å²) in [5.41, 5.74) is 0.807. The van der Waals surface area contributed by atoms with Crippen LogP contribution < -0.4 is 0 Å². The van der Waals surface area contributed by atoms with Crippen LogP contribution in [0.5, 0.6) is 0 Å². The van der Waals surface area contributed by atoms with Gasteiger partial charge in [-0.05, 0) is 30.4 Å². The van der Waals surface area contributed by atoms with E-state index in [-0.39, 0.29) is 5.91 Å². The van der Waals surface area contributed by atoms with E-state index in [1.165, 1.54) is 0 Å². The number of halogens is 1. The number of amides is 1. The highest BCUT2D eigenvalue weighted by Gasteiger charge is 2.21. The number of fused-ring (bicyclic) bond motifs is 1. The number of hydrogen-bond donors (Lipinski definition) is 0. The van der Waals surface area contributed by atoms with Gasteiger partial charge in [-0.15, -0.1) is 0 Å². The average Bonchev–Trinajstić information content (AvgIpc) is 2.91. The molecule has 1 fully saturated rings. The molecule has 0 unspecified atom stereocenters. The minimum Gasteiger partial charge on any atom is -0.339 e. The maximum Gasteiger partial charge on any atom is 0.254 e. The molecule has 0 spiro atoms. The van der Waals surface area contributed by atoms with Gasteiger partial charge in [-0.2, -0.15) is 0 Å². The van der Waals surface area contributed by atoms with E-state index < -0.39 is 0 Å². The number of carbonyl (C=O) groups excluding carboxylic acids is 1. The number of rotatable bonds is 1. The van der Waals surface area contributed by atoms with Crippen molar-refractivity contribution < 1.29 is 4.79 Å². The second kappa shape index (κ2) is 4.73. The van der Waals surface area contributed by atoms with Gasteiger partial charge in [0.2, 0.25) is 0 Å². The first kappa shape index (κ1) is 11.7. The molecule has 2 nitrogen and oxygen atoms in total. The molecule has 3 rings (SSSR count). The summed E-state index contributed by atoms with van der Waals surface area (Å²) < 4.78 is 0.989. The molecule has 1 aliphatic heterocycles. The lowest BCUT2D eigenvalue weighted by atomic mass is 10.0. The fourth-order valence-corrected chi connectivity index (χ4v) is 3.16. The molecule has 0 N–H and O–H groups in total. The predicted molar refractivity (Wildman–Crippen MR) is 76.8 cm³/mol. The lowest BCUT2D eigenvalue weighted by molar-refractivity contribution is 0.0795. The quantitative estimate of drug-likeness (QED) is 0.784. The molecule has 0 aromatic heterocycles. The molecule has 0 bridgehead atoms. The van der Waals surface area contributed by atoms with E-state index in [0.29, 0.717) is 0 Å². The first-order valence-corrected chi connectivity index (χ1v) is 7.03. The topological polar surface area (TPSA) is 20.3 Å². The molecule has 2 aromatic carbocycles. The third-order valence-corrected chi connectivity index (χ3v) is 4.14. The fraction of sp³-hybridized carbons (Fsp3) is 0.267. The van der Waals surface area contributed by atoms with E-state index in [1.807, 2.05) is 41.3 Å². The van der Waals surface area contributed by atoms with Crippen LogP contribution in [0.3, 0.4) is 0 Å².